The van der Waals surface area contributed by atoms with E-state index in [4.69, 9.17) is 24.2 Å². The van der Waals surface area contributed by atoms with E-state index in [1.54, 1.807) is 0 Å². The second kappa shape index (κ2) is 8.78. The van der Waals surface area contributed by atoms with Crippen LogP contribution in [0.1, 0.15) is 18.2 Å². The minimum Gasteiger partial charge on any atom is -0.377 e. The predicted molar refractivity (Wildman–Crippen MR) is 115 cm³/mol. The van der Waals surface area contributed by atoms with Crippen molar-refractivity contribution in [3.63, 3.8) is 0 Å². The molecule has 3 aliphatic heterocycles. The van der Waals surface area contributed by atoms with Crippen LogP contribution in [0.3, 0.4) is 0 Å². The number of rotatable bonds is 4. The minimum atomic E-state index is -0.227. The molecule has 0 bridgehead atoms. The van der Waals surface area contributed by atoms with Crippen molar-refractivity contribution < 1.29 is 19.0 Å². The molecule has 0 radical (unpaired) electrons. The minimum absolute atomic E-state index is 0.0909. The van der Waals surface area contributed by atoms with E-state index in [9.17, 15) is 4.79 Å². The number of urea groups is 1. The van der Waals surface area contributed by atoms with E-state index >= 15 is 0 Å². The van der Waals surface area contributed by atoms with Crippen molar-refractivity contribution in [2.45, 2.75) is 32.0 Å². The molecule has 1 atom stereocenters. The van der Waals surface area contributed by atoms with Crippen molar-refractivity contribution in [1.29, 1.82) is 0 Å². The zero-order valence-electron chi connectivity index (χ0n) is 17.6. The van der Waals surface area contributed by atoms with Crippen LogP contribution in [-0.2, 0) is 27.2 Å². The van der Waals surface area contributed by atoms with Gasteiger partial charge in [-0.1, -0.05) is 0 Å². The molecule has 5 rings (SSSR count). The molecule has 2 amide bonds. The Kier molecular flexibility index (Phi) is 5.71. The van der Waals surface area contributed by atoms with Crippen LogP contribution >= 0.6 is 0 Å². The van der Waals surface area contributed by atoms with Gasteiger partial charge in [-0.3, -0.25) is 0 Å². The fourth-order valence-electron chi connectivity index (χ4n) is 4.00. The number of nitrogens with zero attached hydrogens (tertiary/aromatic N) is 3. The molecule has 3 aliphatic rings. The third kappa shape index (κ3) is 4.34. The predicted octanol–water partition coefficient (Wildman–Crippen LogP) is 1.96. The summed E-state index contributed by atoms with van der Waals surface area (Å²) in [5.41, 5.74) is 3.76. The number of fused-ring (bicyclic) bond motifs is 1. The molecule has 164 valence electrons. The quantitative estimate of drug-likeness (QED) is 0.773. The normalized spacial score (nSPS) is 21.2. The van der Waals surface area contributed by atoms with Gasteiger partial charge in [-0.2, -0.15) is 0 Å². The van der Waals surface area contributed by atoms with Crippen molar-refractivity contribution in [2.24, 2.45) is 0 Å². The Morgan fingerprint density at radius 3 is 2.65 bits per heavy atom. The number of benzene rings is 1. The highest BCUT2D eigenvalue weighted by atomic mass is 16.5. The van der Waals surface area contributed by atoms with Crippen LogP contribution in [0.5, 0.6) is 0 Å². The SMILES string of the molecule is C[C@H]1COCCN1c1nc(-c2ccc(NC(=O)NC3COC3)cc2)nc2c1COCC2. The molecule has 2 saturated heterocycles. The Morgan fingerprint density at radius 1 is 1.06 bits per heavy atom. The number of aromatic nitrogens is 2. The number of carbonyl (C=O) groups excluding carboxylic acids is 1. The molecule has 2 fully saturated rings. The van der Waals surface area contributed by atoms with Crippen LogP contribution in [-0.4, -0.2) is 67.7 Å². The van der Waals surface area contributed by atoms with Crippen molar-refractivity contribution in [3.05, 3.63) is 35.5 Å². The van der Waals surface area contributed by atoms with Gasteiger partial charge in [0.25, 0.3) is 0 Å². The molecule has 0 unspecified atom stereocenters. The highest BCUT2D eigenvalue weighted by molar-refractivity contribution is 5.89. The van der Waals surface area contributed by atoms with Crippen LogP contribution in [0.2, 0.25) is 0 Å². The van der Waals surface area contributed by atoms with Crippen molar-refractivity contribution in [1.82, 2.24) is 15.3 Å². The van der Waals surface area contributed by atoms with E-state index < -0.39 is 0 Å². The molecule has 1 aromatic heterocycles. The number of ether oxygens (including phenoxy) is 3. The Labute approximate surface area is 181 Å². The zero-order valence-corrected chi connectivity index (χ0v) is 17.6. The summed E-state index contributed by atoms with van der Waals surface area (Å²) in [6.45, 7) is 6.67. The summed E-state index contributed by atoms with van der Waals surface area (Å²) >= 11 is 0. The molecule has 0 aliphatic carbocycles. The number of morpholine rings is 1. The zero-order chi connectivity index (χ0) is 21.2. The van der Waals surface area contributed by atoms with Gasteiger partial charge in [0.2, 0.25) is 0 Å². The number of amides is 2. The molecule has 2 aromatic rings. The second-order valence-electron chi connectivity index (χ2n) is 8.13. The van der Waals surface area contributed by atoms with E-state index in [2.05, 4.69) is 22.5 Å². The molecule has 0 saturated carbocycles. The van der Waals surface area contributed by atoms with Gasteiger partial charge in [0, 0.05) is 29.8 Å². The summed E-state index contributed by atoms with van der Waals surface area (Å²) < 4.78 is 16.4. The fourth-order valence-corrected chi connectivity index (χ4v) is 4.00. The Hall–Kier alpha value is -2.75. The summed E-state index contributed by atoms with van der Waals surface area (Å²) in [6, 6.07) is 7.73. The Balaban J connectivity index is 1.39. The number of carbonyl (C=O) groups is 1. The van der Waals surface area contributed by atoms with Gasteiger partial charge < -0.3 is 29.7 Å². The second-order valence-corrected chi connectivity index (χ2v) is 8.13. The maximum absolute atomic E-state index is 12.1. The van der Waals surface area contributed by atoms with E-state index in [1.807, 2.05) is 24.3 Å². The first-order valence-electron chi connectivity index (χ1n) is 10.7. The van der Waals surface area contributed by atoms with Gasteiger partial charge in [-0.15, -0.1) is 0 Å². The summed E-state index contributed by atoms with van der Waals surface area (Å²) in [6.07, 6.45) is 0.779. The maximum atomic E-state index is 12.1. The maximum Gasteiger partial charge on any atom is 0.319 e. The summed E-state index contributed by atoms with van der Waals surface area (Å²) in [5, 5.41) is 5.72. The average Bonchev–Trinajstić information content (AvgIpc) is 2.76. The van der Waals surface area contributed by atoms with E-state index in [1.165, 1.54) is 0 Å². The molecule has 31 heavy (non-hydrogen) atoms. The molecule has 2 N–H and O–H groups in total. The first-order valence-corrected chi connectivity index (χ1v) is 10.7. The summed E-state index contributed by atoms with van der Waals surface area (Å²) in [4.78, 5) is 24.1. The van der Waals surface area contributed by atoms with Crippen molar-refractivity contribution in [2.75, 3.05) is 49.8 Å². The lowest BCUT2D eigenvalue weighted by molar-refractivity contribution is 0.000735. The molecule has 9 nitrogen and oxygen atoms in total. The van der Waals surface area contributed by atoms with E-state index in [0.29, 0.717) is 45.5 Å². The lowest BCUT2D eigenvalue weighted by atomic mass is 10.1. The monoisotopic (exact) mass is 425 g/mol. The third-order valence-electron chi connectivity index (χ3n) is 5.81. The molecule has 4 heterocycles. The Bertz CT molecular complexity index is 948. The van der Waals surface area contributed by atoms with Gasteiger partial charge in [0.1, 0.15) is 5.82 Å². The van der Waals surface area contributed by atoms with Crippen LogP contribution < -0.4 is 15.5 Å². The summed E-state index contributed by atoms with van der Waals surface area (Å²) in [7, 11) is 0. The highest BCUT2D eigenvalue weighted by Gasteiger charge is 2.27. The number of anilines is 2. The van der Waals surface area contributed by atoms with Gasteiger partial charge >= 0.3 is 6.03 Å². The highest BCUT2D eigenvalue weighted by Crippen LogP contribution is 2.31. The van der Waals surface area contributed by atoms with Crippen molar-refractivity contribution >= 4 is 17.5 Å². The average molecular weight is 425 g/mol. The molecule has 0 spiro atoms. The van der Waals surface area contributed by atoms with Crippen molar-refractivity contribution in [3.8, 4) is 11.4 Å². The largest absolute Gasteiger partial charge is 0.377 e. The van der Waals surface area contributed by atoms with Crippen LogP contribution in [0.15, 0.2) is 24.3 Å². The van der Waals surface area contributed by atoms with Gasteiger partial charge in [-0.25, -0.2) is 14.8 Å². The van der Waals surface area contributed by atoms with Crippen LogP contribution in [0.25, 0.3) is 11.4 Å². The number of nitrogens with one attached hydrogen (secondary N) is 2. The van der Waals surface area contributed by atoms with E-state index in [-0.39, 0.29) is 18.1 Å². The number of hydrogen-bond donors (Lipinski definition) is 2. The first kappa shape index (κ1) is 20.2. The standard InChI is InChI=1S/C22H27N5O4/c1-14-10-30-9-7-27(14)21-18-13-29-8-6-19(18)25-20(26-21)15-2-4-16(5-3-15)23-22(28)24-17-11-31-12-17/h2-5,14,17H,6-13H2,1H3,(H2,23,24,28)/t14-/m0/s1. The third-order valence-corrected chi connectivity index (χ3v) is 5.81. The number of hydrogen-bond acceptors (Lipinski definition) is 7. The molecular formula is C22H27N5O4. The molecule has 9 heteroatoms. The lowest BCUT2D eigenvalue weighted by Crippen LogP contribution is -2.49. The molecule has 1 aromatic carbocycles. The first-order chi connectivity index (χ1) is 15.2. The summed E-state index contributed by atoms with van der Waals surface area (Å²) in [5.74, 6) is 1.64. The topological polar surface area (TPSA) is 97.8 Å². The fraction of sp³-hybridized carbons (Fsp3) is 0.500. The van der Waals surface area contributed by atoms with Gasteiger partial charge in [0.15, 0.2) is 5.82 Å². The Morgan fingerprint density at radius 2 is 1.90 bits per heavy atom. The smallest absolute Gasteiger partial charge is 0.319 e. The molecular weight excluding hydrogens is 398 g/mol. The van der Waals surface area contributed by atoms with Crippen LogP contribution in [0, 0.1) is 0 Å². The van der Waals surface area contributed by atoms with Gasteiger partial charge in [-0.05, 0) is 31.2 Å². The lowest BCUT2D eigenvalue weighted by Gasteiger charge is -2.36. The van der Waals surface area contributed by atoms with E-state index in [0.717, 1.165) is 41.3 Å². The van der Waals surface area contributed by atoms with Crippen LogP contribution in [0.4, 0.5) is 16.3 Å². The van der Waals surface area contributed by atoms with Gasteiger partial charge in [0.05, 0.1) is 57.4 Å².